The Balaban J connectivity index is 1.35. The van der Waals surface area contributed by atoms with Crippen LogP contribution in [0.25, 0.3) is 22.1 Å². The highest BCUT2D eigenvalue weighted by molar-refractivity contribution is 7.13. The first-order valence-corrected chi connectivity index (χ1v) is 10.7. The number of aliphatic hydroxyl groups excluding tert-OH is 1. The molecule has 7 heteroatoms. The number of hydrogen-bond donors (Lipinski definition) is 1. The minimum absolute atomic E-state index is 0.148. The molecule has 0 radical (unpaired) electrons. The number of thiazole rings is 1. The minimum atomic E-state index is 0.148. The molecule has 0 bridgehead atoms. The van der Waals surface area contributed by atoms with Crippen LogP contribution in [0.3, 0.4) is 0 Å². The van der Waals surface area contributed by atoms with E-state index < -0.39 is 0 Å². The van der Waals surface area contributed by atoms with Gasteiger partial charge in [0.1, 0.15) is 0 Å². The van der Waals surface area contributed by atoms with E-state index in [1.165, 1.54) is 0 Å². The Kier molecular flexibility index (Phi) is 4.98. The van der Waals surface area contributed by atoms with Crippen LogP contribution < -0.4 is 0 Å². The molecular formula is C21H24N4O2S. The zero-order valence-electron chi connectivity index (χ0n) is 15.6. The van der Waals surface area contributed by atoms with E-state index in [-0.39, 0.29) is 12.7 Å². The van der Waals surface area contributed by atoms with Crippen LogP contribution >= 0.6 is 11.3 Å². The number of morpholine rings is 1. The van der Waals surface area contributed by atoms with E-state index in [4.69, 9.17) is 9.72 Å². The van der Waals surface area contributed by atoms with E-state index in [9.17, 15) is 5.11 Å². The second-order valence-electron chi connectivity index (χ2n) is 7.53. The first-order valence-electron chi connectivity index (χ1n) is 9.82. The third-order valence-electron chi connectivity index (χ3n) is 5.75. The number of rotatable bonds is 5. The Labute approximate surface area is 168 Å². The maximum Gasteiger partial charge on any atom is 0.169 e. The summed E-state index contributed by atoms with van der Waals surface area (Å²) in [5, 5.41) is 12.3. The lowest BCUT2D eigenvalue weighted by Gasteiger charge is -2.34. The molecule has 0 unspecified atom stereocenters. The van der Waals surface area contributed by atoms with E-state index in [0.29, 0.717) is 18.5 Å². The Morgan fingerprint density at radius 1 is 1.18 bits per heavy atom. The molecule has 6 nitrogen and oxygen atoms in total. The summed E-state index contributed by atoms with van der Waals surface area (Å²) < 4.78 is 8.21. The highest BCUT2D eigenvalue weighted by Crippen LogP contribution is 2.35. The molecule has 2 aliphatic heterocycles. The van der Waals surface area contributed by atoms with E-state index in [1.807, 2.05) is 24.4 Å². The summed E-state index contributed by atoms with van der Waals surface area (Å²) in [7, 11) is 0. The number of aromatic nitrogens is 3. The molecular weight excluding hydrogens is 372 g/mol. The van der Waals surface area contributed by atoms with Gasteiger partial charge in [0, 0.05) is 55.1 Å². The number of aliphatic hydroxyl groups is 1. The molecule has 2 saturated heterocycles. The fourth-order valence-corrected chi connectivity index (χ4v) is 5.15. The van der Waals surface area contributed by atoms with Crippen molar-refractivity contribution in [3.8, 4) is 22.1 Å². The smallest absolute Gasteiger partial charge is 0.169 e. The Morgan fingerprint density at radius 2 is 2.07 bits per heavy atom. The van der Waals surface area contributed by atoms with Gasteiger partial charge >= 0.3 is 0 Å². The van der Waals surface area contributed by atoms with Gasteiger partial charge in [-0.3, -0.25) is 4.90 Å². The largest absolute Gasteiger partial charge is 0.396 e. The number of imidazole rings is 1. The zero-order chi connectivity index (χ0) is 18.9. The van der Waals surface area contributed by atoms with Crippen LogP contribution in [-0.2, 0) is 4.74 Å². The van der Waals surface area contributed by atoms with Crippen LogP contribution in [0.15, 0.2) is 48.1 Å². The Hall–Kier alpha value is -2.06. The topological polar surface area (TPSA) is 63.4 Å². The van der Waals surface area contributed by atoms with E-state index in [2.05, 4.69) is 38.2 Å². The zero-order valence-corrected chi connectivity index (χ0v) is 16.5. The summed E-state index contributed by atoms with van der Waals surface area (Å²) in [5.41, 5.74) is 2.13. The summed E-state index contributed by atoms with van der Waals surface area (Å²) in [6.45, 7) is 2.84. The molecule has 0 saturated carbocycles. The molecule has 1 N–H and O–H groups in total. The van der Waals surface area contributed by atoms with Crippen LogP contribution in [0.2, 0.25) is 0 Å². The van der Waals surface area contributed by atoms with Crippen molar-refractivity contribution in [1.29, 1.82) is 0 Å². The normalized spacial score (nSPS) is 25.1. The maximum atomic E-state index is 9.19. The summed E-state index contributed by atoms with van der Waals surface area (Å²) >= 11 is 1.65. The highest BCUT2D eigenvalue weighted by Gasteiger charge is 2.38. The van der Waals surface area contributed by atoms with Crippen LogP contribution in [0.1, 0.15) is 18.9 Å². The van der Waals surface area contributed by atoms with Gasteiger partial charge in [-0.1, -0.05) is 30.3 Å². The van der Waals surface area contributed by atoms with Crippen molar-refractivity contribution < 1.29 is 9.84 Å². The van der Waals surface area contributed by atoms with Gasteiger partial charge in [-0.2, -0.15) is 0 Å². The van der Waals surface area contributed by atoms with Crippen molar-refractivity contribution in [3.05, 3.63) is 48.1 Å². The third-order valence-corrected chi connectivity index (χ3v) is 6.58. The molecule has 0 spiro atoms. The van der Waals surface area contributed by atoms with Crippen molar-refractivity contribution in [1.82, 2.24) is 19.4 Å². The fourth-order valence-electron chi connectivity index (χ4n) is 4.33. The second-order valence-corrected chi connectivity index (χ2v) is 8.39. The molecule has 2 aliphatic rings. The Bertz CT molecular complexity index is 925. The summed E-state index contributed by atoms with van der Waals surface area (Å²) in [4.78, 5) is 12.0. The molecule has 0 aliphatic carbocycles. The van der Waals surface area contributed by atoms with E-state index in [0.717, 1.165) is 48.2 Å². The predicted molar refractivity (Wildman–Crippen MR) is 109 cm³/mol. The lowest BCUT2D eigenvalue weighted by Crippen LogP contribution is -2.46. The molecule has 5 rings (SSSR count). The lowest BCUT2D eigenvalue weighted by atomic mass is 10.1. The summed E-state index contributed by atoms with van der Waals surface area (Å²) in [6, 6.07) is 11.1. The van der Waals surface area contributed by atoms with Gasteiger partial charge in [0.05, 0.1) is 18.4 Å². The van der Waals surface area contributed by atoms with Crippen molar-refractivity contribution in [2.24, 2.45) is 0 Å². The van der Waals surface area contributed by atoms with Gasteiger partial charge < -0.3 is 14.4 Å². The Morgan fingerprint density at radius 3 is 2.93 bits per heavy atom. The molecule has 3 atom stereocenters. The first kappa shape index (κ1) is 18.0. The molecule has 2 fully saturated rings. The van der Waals surface area contributed by atoms with Gasteiger partial charge in [-0.25, -0.2) is 9.97 Å². The van der Waals surface area contributed by atoms with Crippen molar-refractivity contribution >= 4 is 11.3 Å². The van der Waals surface area contributed by atoms with Gasteiger partial charge in [0.2, 0.25) is 0 Å². The highest BCUT2D eigenvalue weighted by atomic mass is 32.1. The van der Waals surface area contributed by atoms with Crippen LogP contribution in [0.5, 0.6) is 0 Å². The summed E-state index contributed by atoms with van der Waals surface area (Å²) in [5.74, 6) is 0.949. The molecule has 146 valence electrons. The van der Waals surface area contributed by atoms with Crippen LogP contribution in [-0.4, -0.2) is 63.0 Å². The number of ether oxygens (including phenoxy) is 1. The summed E-state index contributed by atoms with van der Waals surface area (Å²) in [6.07, 6.45) is 5.88. The maximum absolute atomic E-state index is 9.19. The number of nitrogens with zero attached hydrogens (tertiary/aromatic N) is 4. The number of benzene rings is 1. The predicted octanol–water partition coefficient (Wildman–Crippen LogP) is 3.07. The van der Waals surface area contributed by atoms with Crippen LogP contribution in [0, 0.1) is 0 Å². The van der Waals surface area contributed by atoms with Crippen molar-refractivity contribution in [3.63, 3.8) is 0 Å². The van der Waals surface area contributed by atoms with Crippen molar-refractivity contribution in [2.45, 2.75) is 31.0 Å². The van der Waals surface area contributed by atoms with E-state index >= 15 is 0 Å². The quantitative estimate of drug-likeness (QED) is 0.718. The second kappa shape index (κ2) is 7.75. The van der Waals surface area contributed by atoms with Gasteiger partial charge in [-0.05, 0) is 12.8 Å². The number of hydrogen-bond acceptors (Lipinski definition) is 6. The monoisotopic (exact) mass is 396 g/mol. The SMILES string of the molecule is OCC[C@H]1CN2C[C@@H](n3ccnc3-c3nc(-c4ccccc4)cs3)C[C@H]2CO1. The first-order chi connectivity index (χ1) is 13.8. The average Bonchev–Trinajstić information content (AvgIpc) is 3.46. The third kappa shape index (κ3) is 3.39. The number of fused-ring (bicyclic) bond motifs is 1. The van der Waals surface area contributed by atoms with Crippen LogP contribution in [0.4, 0.5) is 0 Å². The molecule has 1 aromatic carbocycles. The van der Waals surface area contributed by atoms with Crippen molar-refractivity contribution in [2.75, 3.05) is 26.3 Å². The molecule has 0 amide bonds. The molecule has 2 aromatic heterocycles. The molecule has 28 heavy (non-hydrogen) atoms. The van der Waals surface area contributed by atoms with Gasteiger partial charge in [-0.15, -0.1) is 11.3 Å². The lowest BCUT2D eigenvalue weighted by molar-refractivity contribution is -0.0567. The minimum Gasteiger partial charge on any atom is -0.396 e. The molecule has 4 heterocycles. The van der Waals surface area contributed by atoms with Gasteiger partial charge in [0.15, 0.2) is 10.8 Å². The average molecular weight is 397 g/mol. The van der Waals surface area contributed by atoms with Gasteiger partial charge in [0.25, 0.3) is 0 Å². The fraction of sp³-hybridized carbons (Fsp3) is 0.429. The van der Waals surface area contributed by atoms with E-state index in [1.54, 1.807) is 11.3 Å². The molecule has 3 aromatic rings. The standard InChI is InChI=1S/C21H24N4O2S/c26-9-6-18-12-24-11-16(10-17(24)13-27-18)25-8-7-22-20(25)21-23-19(14-28-21)15-4-2-1-3-5-15/h1-5,7-8,14,16-18,26H,6,9-13H2/t16-,17-,18-/m0/s1.